The molecule has 0 aromatic carbocycles. The highest BCUT2D eigenvalue weighted by Gasteiger charge is 2.53. The van der Waals surface area contributed by atoms with Gasteiger partial charge in [-0.1, -0.05) is 21.6 Å². The van der Waals surface area contributed by atoms with E-state index < -0.39 is 0 Å². The van der Waals surface area contributed by atoms with Crippen molar-refractivity contribution in [3.05, 3.63) is 0 Å². The molecule has 0 aromatic heterocycles. The van der Waals surface area contributed by atoms with Crippen molar-refractivity contribution in [2.45, 2.75) is 86.5 Å². The van der Waals surface area contributed by atoms with Gasteiger partial charge in [0.15, 0.2) is 0 Å². The van der Waals surface area contributed by atoms with E-state index in [2.05, 4.69) is 41.2 Å². The van der Waals surface area contributed by atoms with E-state index in [0.717, 1.165) is 35.5 Å². The Hall–Kier alpha value is 1.40. The molecule has 0 amide bonds. The lowest BCUT2D eigenvalue weighted by Gasteiger charge is -2.56. The van der Waals surface area contributed by atoms with E-state index in [1.807, 2.05) is 0 Å². The summed E-state index contributed by atoms with van der Waals surface area (Å²) in [5.41, 5.74) is 0. The Bertz CT molecular complexity index is 399. The normalized spacial score (nSPS) is 57.0. The first kappa shape index (κ1) is 16.4. The molecule has 8 bridgehead atoms. The molecule has 24 heavy (non-hydrogen) atoms. The average molecular weight is 399 g/mol. The lowest BCUT2D eigenvalue weighted by atomic mass is 9.56. The molecule has 8 aliphatic carbocycles. The molecule has 0 aromatic rings. The molecule has 0 atom stereocenters. The summed E-state index contributed by atoms with van der Waals surface area (Å²) in [6, 6.07) is 0. The third kappa shape index (κ3) is 2.83. The van der Waals surface area contributed by atoms with E-state index in [-0.39, 0.29) is 0 Å². The molecule has 0 spiro atoms. The molecule has 0 N–H and O–H groups in total. The van der Waals surface area contributed by atoms with Gasteiger partial charge < -0.3 is 0 Å². The smallest absolute Gasteiger partial charge is 0.0280 e. The van der Waals surface area contributed by atoms with Gasteiger partial charge in [0.2, 0.25) is 0 Å². The Morgan fingerprint density at radius 1 is 0.417 bits per heavy atom. The SMILES string of the molecule is C1C2CC3CC1CC(SSSSC14CC5CC(CC(C5)C1)C4)(C2)C3. The van der Waals surface area contributed by atoms with E-state index in [9.17, 15) is 0 Å². The van der Waals surface area contributed by atoms with E-state index in [0.29, 0.717) is 9.49 Å². The summed E-state index contributed by atoms with van der Waals surface area (Å²) in [5, 5.41) is 0. The van der Waals surface area contributed by atoms with Crippen LogP contribution in [-0.2, 0) is 0 Å². The summed E-state index contributed by atoms with van der Waals surface area (Å²) in [4.78, 5) is 0. The van der Waals surface area contributed by atoms with Crippen LogP contribution in [0.2, 0.25) is 0 Å². The van der Waals surface area contributed by atoms with Crippen LogP contribution in [0.3, 0.4) is 0 Å². The molecule has 4 heteroatoms. The molecule has 8 rings (SSSR count). The van der Waals surface area contributed by atoms with Gasteiger partial charge in [0.25, 0.3) is 0 Å². The predicted octanol–water partition coefficient (Wildman–Crippen LogP) is 7.60. The van der Waals surface area contributed by atoms with Crippen molar-refractivity contribution in [1.29, 1.82) is 0 Å². The van der Waals surface area contributed by atoms with Gasteiger partial charge in [-0.2, -0.15) is 0 Å². The lowest BCUT2D eigenvalue weighted by molar-refractivity contribution is 0.0388. The van der Waals surface area contributed by atoms with Crippen molar-refractivity contribution >= 4 is 41.2 Å². The van der Waals surface area contributed by atoms with Crippen LogP contribution in [0.15, 0.2) is 0 Å². The van der Waals surface area contributed by atoms with E-state index in [1.54, 1.807) is 77.0 Å². The van der Waals surface area contributed by atoms with E-state index in [1.165, 1.54) is 0 Å². The Labute approximate surface area is 162 Å². The maximum absolute atomic E-state index is 2.32. The summed E-state index contributed by atoms with van der Waals surface area (Å²) in [6.07, 6.45) is 18.8. The van der Waals surface area contributed by atoms with Gasteiger partial charge in [-0.3, -0.25) is 0 Å². The number of hydrogen-bond donors (Lipinski definition) is 0. The van der Waals surface area contributed by atoms with Crippen LogP contribution >= 0.6 is 41.2 Å². The van der Waals surface area contributed by atoms with Crippen molar-refractivity contribution in [2.75, 3.05) is 0 Å². The van der Waals surface area contributed by atoms with Crippen molar-refractivity contribution in [1.82, 2.24) is 0 Å². The summed E-state index contributed by atoms with van der Waals surface area (Å²) >= 11 is 0. The number of hydrogen-bond acceptors (Lipinski definition) is 4. The zero-order chi connectivity index (χ0) is 15.8. The second-order valence-electron chi connectivity index (χ2n) is 10.5. The quantitative estimate of drug-likeness (QED) is 0.345. The molecule has 8 saturated carbocycles. The largest absolute Gasteiger partial charge is 0.0748 e. The maximum Gasteiger partial charge on any atom is 0.0280 e. The minimum absolute atomic E-state index is 0.689. The van der Waals surface area contributed by atoms with Crippen molar-refractivity contribution in [2.24, 2.45) is 35.5 Å². The predicted molar refractivity (Wildman–Crippen MR) is 112 cm³/mol. The van der Waals surface area contributed by atoms with E-state index >= 15 is 0 Å². The van der Waals surface area contributed by atoms with Gasteiger partial charge in [0.1, 0.15) is 0 Å². The minimum Gasteiger partial charge on any atom is -0.0748 e. The molecule has 0 saturated heterocycles. The molecule has 0 nitrogen and oxygen atoms in total. The zero-order valence-corrected chi connectivity index (χ0v) is 17.8. The monoisotopic (exact) mass is 398 g/mol. The minimum atomic E-state index is 0.689. The molecule has 134 valence electrons. The second-order valence-corrected chi connectivity index (χ2v) is 17.1. The lowest BCUT2D eigenvalue weighted by Crippen LogP contribution is -2.48. The van der Waals surface area contributed by atoms with Crippen LogP contribution in [0, 0.1) is 35.5 Å². The molecule has 0 heterocycles. The highest BCUT2D eigenvalue weighted by atomic mass is 33.7. The summed E-state index contributed by atoms with van der Waals surface area (Å²) in [7, 11) is 9.02. The Kier molecular flexibility index (Phi) is 4.05. The third-order valence-electron chi connectivity index (χ3n) is 8.41. The number of rotatable bonds is 5. The van der Waals surface area contributed by atoms with Crippen LogP contribution in [0.1, 0.15) is 77.0 Å². The van der Waals surface area contributed by atoms with Gasteiger partial charge in [-0.15, -0.1) is 0 Å². The van der Waals surface area contributed by atoms with Crippen LogP contribution < -0.4 is 0 Å². The standard InChI is InChI=1S/C20H30S4/c1-13-2-15-3-14(1)8-19(7-13,9-15)21-23-24-22-20-10-16-4-17(11-20)6-18(5-16)12-20/h13-18H,1-12H2. The first-order chi connectivity index (χ1) is 11.7. The molecular weight excluding hydrogens is 368 g/mol. The molecule has 0 radical (unpaired) electrons. The first-order valence-corrected chi connectivity index (χ1v) is 15.2. The Morgan fingerprint density at radius 2 is 0.667 bits per heavy atom. The Morgan fingerprint density at radius 3 is 0.917 bits per heavy atom. The fraction of sp³-hybridized carbons (Fsp3) is 1.00. The molecule has 0 aliphatic heterocycles. The van der Waals surface area contributed by atoms with Crippen molar-refractivity contribution < 1.29 is 0 Å². The van der Waals surface area contributed by atoms with Crippen LogP contribution in [0.4, 0.5) is 0 Å². The Balaban J connectivity index is 1.05. The van der Waals surface area contributed by atoms with Crippen LogP contribution in [0.5, 0.6) is 0 Å². The van der Waals surface area contributed by atoms with Crippen LogP contribution in [-0.4, -0.2) is 9.49 Å². The molecule has 8 aliphatic rings. The zero-order valence-electron chi connectivity index (χ0n) is 14.6. The topological polar surface area (TPSA) is 0 Å². The maximum atomic E-state index is 2.32. The van der Waals surface area contributed by atoms with Gasteiger partial charge in [-0.05, 0) is 132 Å². The van der Waals surface area contributed by atoms with Gasteiger partial charge in [-0.25, -0.2) is 0 Å². The molecular formula is C20H30S4. The summed E-state index contributed by atoms with van der Waals surface area (Å²) in [5.74, 6) is 6.61. The summed E-state index contributed by atoms with van der Waals surface area (Å²) < 4.78 is 1.38. The molecule has 8 fully saturated rings. The fourth-order valence-corrected chi connectivity index (χ4v) is 17.5. The van der Waals surface area contributed by atoms with Gasteiger partial charge in [0.05, 0.1) is 0 Å². The van der Waals surface area contributed by atoms with E-state index in [4.69, 9.17) is 0 Å². The molecule has 0 unspecified atom stereocenters. The third-order valence-corrected chi connectivity index (χ3v) is 16.2. The summed E-state index contributed by atoms with van der Waals surface area (Å²) in [6.45, 7) is 0. The first-order valence-electron chi connectivity index (χ1n) is 10.4. The van der Waals surface area contributed by atoms with Gasteiger partial charge >= 0.3 is 0 Å². The van der Waals surface area contributed by atoms with Gasteiger partial charge in [0, 0.05) is 9.49 Å². The van der Waals surface area contributed by atoms with Crippen molar-refractivity contribution in [3.8, 4) is 0 Å². The highest BCUT2D eigenvalue weighted by Crippen LogP contribution is 2.68. The fourth-order valence-electron chi connectivity index (χ4n) is 8.44. The van der Waals surface area contributed by atoms with Crippen LogP contribution in [0.25, 0.3) is 0 Å². The highest BCUT2D eigenvalue weighted by molar-refractivity contribution is 9.26. The second kappa shape index (κ2) is 5.95. The van der Waals surface area contributed by atoms with Crippen molar-refractivity contribution in [3.63, 3.8) is 0 Å². The average Bonchev–Trinajstić information content (AvgIpc) is 2.49.